The van der Waals surface area contributed by atoms with Crippen LogP contribution in [0.1, 0.15) is 42.3 Å². The highest BCUT2D eigenvalue weighted by Crippen LogP contribution is 2.35. The van der Waals surface area contributed by atoms with Crippen molar-refractivity contribution in [3.63, 3.8) is 0 Å². The normalized spacial score (nSPS) is 11.9. The molecule has 0 spiro atoms. The molecule has 0 radical (unpaired) electrons. The summed E-state index contributed by atoms with van der Waals surface area (Å²) in [4.78, 5) is 25.3. The second-order valence-electron chi connectivity index (χ2n) is 8.72. The zero-order valence-electron chi connectivity index (χ0n) is 21.4. The number of nitrogens with zero attached hydrogens (tertiary/aromatic N) is 1. The third kappa shape index (κ3) is 8.81. The molecule has 3 aromatic rings. The van der Waals surface area contributed by atoms with E-state index in [1.54, 1.807) is 38.1 Å². The maximum Gasteiger partial charge on any atom is 0.262 e. The molecule has 0 aliphatic carbocycles. The number of hydrogen-bond donors (Lipinski definition) is 2. The van der Waals surface area contributed by atoms with Gasteiger partial charge >= 0.3 is 0 Å². The molecular weight excluding hydrogens is 659 g/mol. The van der Waals surface area contributed by atoms with E-state index in [4.69, 9.17) is 32.7 Å². The predicted octanol–water partition coefficient (Wildman–Crippen LogP) is 6.62. The summed E-state index contributed by atoms with van der Waals surface area (Å²) in [6.45, 7) is 6.09. The quantitative estimate of drug-likeness (QED) is 0.135. The number of nitrogens with one attached hydrogen (secondary N) is 2. The van der Waals surface area contributed by atoms with Crippen LogP contribution in [-0.4, -0.2) is 30.7 Å². The number of ether oxygens (including phenoxy) is 2. The lowest BCUT2D eigenvalue weighted by Crippen LogP contribution is -2.48. The monoisotopic (exact) mass is 685 g/mol. The number of hydrogen-bond acceptors (Lipinski definition) is 5. The van der Waals surface area contributed by atoms with Gasteiger partial charge in [-0.1, -0.05) is 43.1 Å². The number of hydrazone groups is 1. The standard InChI is InChI=1S/C28H27Cl2FIN3O4/c1-4-38-24-12-17(11-23(32)26(24)39-15-19-5-8-20(29)13-22(19)30)14-33-35-28(37)25(16(2)3)34-27(36)18-6-9-21(31)10-7-18/h5-14,16,25H,4,15H2,1-3H3,(H,34,36)(H,35,37)/b33-14+. The van der Waals surface area contributed by atoms with Gasteiger partial charge in [0.2, 0.25) is 0 Å². The summed E-state index contributed by atoms with van der Waals surface area (Å²) in [5.74, 6) is -0.593. The Morgan fingerprint density at radius 1 is 1.08 bits per heavy atom. The molecule has 0 aromatic heterocycles. The van der Waals surface area contributed by atoms with Crippen LogP contribution in [0.3, 0.4) is 0 Å². The van der Waals surface area contributed by atoms with Gasteiger partial charge in [-0.2, -0.15) is 5.10 Å². The molecule has 0 bridgehead atoms. The van der Waals surface area contributed by atoms with E-state index in [2.05, 4.69) is 38.4 Å². The molecule has 0 aliphatic rings. The van der Waals surface area contributed by atoms with Crippen molar-refractivity contribution in [1.82, 2.24) is 10.7 Å². The SMILES string of the molecule is CCOc1cc(/C=N/NC(=O)C(NC(=O)c2ccc(F)cc2)C(C)C)cc(I)c1OCc1ccc(Cl)cc1Cl. The molecule has 206 valence electrons. The van der Waals surface area contributed by atoms with Crippen LogP contribution in [0.4, 0.5) is 4.39 Å². The molecule has 2 N–H and O–H groups in total. The van der Waals surface area contributed by atoms with E-state index in [1.165, 1.54) is 30.5 Å². The summed E-state index contributed by atoms with van der Waals surface area (Å²) in [5, 5.41) is 7.79. The van der Waals surface area contributed by atoms with Crippen molar-refractivity contribution < 1.29 is 23.5 Å². The number of halogens is 4. The summed E-state index contributed by atoms with van der Waals surface area (Å²) in [7, 11) is 0. The predicted molar refractivity (Wildman–Crippen MR) is 159 cm³/mol. The fraction of sp³-hybridized carbons (Fsp3) is 0.250. The first-order valence-corrected chi connectivity index (χ1v) is 13.8. The van der Waals surface area contributed by atoms with Crippen molar-refractivity contribution in [3.05, 3.63) is 90.7 Å². The molecule has 0 saturated carbocycles. The Hall–Kier alpha value is -2.89. The number of benzene rings is 3. The average Bonchev–Trinajstić information content (AvgIpc) is 2.88. The van der Waals surface area contributed by atoms with Crippen LogP contribution in [-0.2, 0) is 11.4 Å². The molecule has 7 nitrogen and oxygen atoms in total. The highest BCUT2D eigenvalue weighted by Gasteiger charge is 2.24. The van der Waals surface area contributed by atoms with Crippen LogP contribution < -0.4 is 20.2 Å². The van der Waals surface area contributed by atoms with Gasteiger partial charge < -0.3 is 14.8 Å². The first kappa shape index (κ1) is 30.6. The van der Waals surface area contributed by atoms with Gasteiger partial charge in [-0.05, 0) is 89.5 Å². The Balaban J connectivity index is 1.69. The first-order valence-electron chi connectivity index (χ1n) is 12.0. The van der Waals surface area contributed by atoms with Crippen LogP contribution in [0.2, 0.25) is 10.0 Å². The molecule has 0 aliphatic heterocycles. The highest BCUT2D eigenvalue weighted by atomic mass is 127. The third-order valence-electron chi connectivity index (χ3n) is 5.45. The Kier molecular flexibility index (Phi) is 11.4. The van der Waals surface area contributed by atoms with E-state index >= 15 is 0 Å². The Morgan fingerprint density at radius 3 is 2.44 bits per heavy atom. The van der Waals surface area contributed by atoms with Gasteiger partial charge in [-0.25, -0.2) is 9.82 Å². The van der Waals surface area contributed by atoms with E-state index < -0.39 is 23.7 Å². The lowest BCUT2D eigenvalue weighted by molar-refractivity contribution is -0.123. The van der Waals surface area contributed by atoms with Crippen molar-refractivity contribution >= 4 is 63.8 Å². The number of carbonyl (C=O) groups excluding carboxylic acids is 2. The lowest BCUT2D eigenvalue weighted by atomic mass is 10.0. The summed E-state index contributed by atoms with van der Waals surface area (Å²) in [5.41, 5.74) is 4.16. The summed E-state index contributed by atoms with van der Waals surface area (Å²) >= 11 is 14.4. The molecule has 1 unspecified atom stereocenters. The van der Waals surface area contributed by atoms with Gasteiger partial charge in [0.05, 0.1) is 16.4 Å². The van der Waals surface area contributed by atoms with E-state index in [0.29, 0.717) is 33.7 Å². The Labute approximate surface area is 250 Å². The van der Waals surface area contributed by atoms with Crippen LogP contribution in [0.5, 0.6) is 11.5 Å². The maximum atomic E-state index is 13.2. The Bertz CT molecular complexity index is 1350. The van der Waals surface area contributed by atoms with E-state index in [-0.39, 0.29) is 18.1 Å². The molecule has 3 rings (SSSR count). The van der Waals surface area contributed by atoms with Gasteiger partial charge in [-0.15, -0.1) is 0 Å². The van der Waals surface area contributed by atoms with Gasteiger partial charge in [0.25, 0.3) is 11.8 Å². The van der Waals surface area contributed by atoms with Crippen molar-refractivity contribution in [2.75, 3.05) is 6.61 Å². The summed E-state index contributed by atoms with van der Waals surface area (Å²) in [6.07, 6.45) is 1.47. The van der Waals surface area contributed by atoms with Gasteiger partial charge in [-0.3, -0.25) is 9.59 Å². The topological polar surface area (TPSA) is 89.0 Å². The minimum absolute atomic E-state index is 0.218. The molecule has 2 amide bonds. The zero-order valence-corrected chi connectivity index (χ0v) is 25.1. The maximum absolute atomic E-state index is 13.2. The lowest BCUT2D eigenvalue weighted by Gasteiger charge is -2.20. The minimum atomic E-state index is -0.853. The van der Waals surface area contributed by atoms with Crippen LogP contribution in [0.25, 0.3) is 0 Å². The zero-order chi connectivity index (χ0) is 28.5. The molecule has 11 heteroatoms. The van der Waals surface area contributed by atoms with Crippen LogP contribution in [0, 0.1) is 15.3 Å². The summed E-state index contributed by atoms with van der Waals surface area (Å²) in [6, 6.07) is 13.0. The largest absolute Gasteiger partial charge is 0.490 e. The van der Waals surface area contributed by atoms with Crippen molar-refractivity contribution in [3.8, 4) is 11.5 Å². The van der Waals surface area contributed by atoms with Crippen LogP contribution in [0.15, 0.2) is 59.7 Å². The summed E-state index contributed by atoms with van der Waals surface area (Å²) < 4.78 is 25.7. The number of carbonyl (C=O) groups is 2. The molecule has 1 atom stereocenters. The number of amides is 2. The van der Waals surface area contributed by atoms with E-state index in [9.17, 15) is 14.0 Å². The first-order chi connectivity index (χ1) is 18.6. The van der Waals surface area contributed by atoms with E-state index in [0.717, 1.165) is 9.13 Å². The van der Waals surface area contributed by atoms with Gasteiger partial charge in [0.1, 0.15) is 18.5 Å². The molecule has 0 heterocycles. The number of rotatable bonds is 11. The third-order valence-corrected chi connectivity index (χ3v) is 6.84. The van der Waals surface area contributed by atoms with E-state index in [1.807, 2.05) is 13.0 Å². The Morgan fingerprint density at radius 2 is 1.79 bits per heavy atom. The van der Waals surface area contributed by atoms with Crippen molar-refractivity contribution in [2.24, 2.45) is 11.0 Å². The highest BCUT2D eigenvalue weighted by molar-refractivity contribution is 14.1. The molecule has 39 heavy (non-hydrogen) atoms. The molecule has 0 saturated heterocycles. The fourth-order valence-electron chi connectivity index (χ4n) is 3.45. The van der Waals surface area contributed by atoms with Crippen molar-refractivity contribution in [2.45, 2.75) is 33.4 Å². The molecule has 0 fully saturated rings. The average molecular weight is 686 g/mol. The van der Waals surface area contributed by atoms with Gasteiger partial charge in [0.15, 0.2) is 11.5 Å². The second kappa shape index (κ2) is 14.5. The molecular formula is C28H27Cl2FIN3O4. The van der Waals surface area contributed by atoms with Crippen molar-refractivity contribution in [1.29, 1.82) is 0 Å². The smallest absolute Gasteiger partial charge is 0.262 e. The fourth-order valence-corrected chi connectivity index (χ4v) is 4.70. The van der Waals surface area contributed by atoms with Gasteiger partial charge in [0, 0.05) is 21.2 Å². The van der Waals surface area contributed by atoms with Crippen LogP contribution >= 0.6 is 45.8 Å². The minimum Gasteiger partial charge on any atom is -0.490 e. The second-order valence-corrected chi connectivity index (χ2v) is 10.7. The molecule has 3 aromatic carbocycles.